The number of carbonyl (C=O) groups is 1. The van der Waals surface area contributed by atoms with Crippen LogP contribution in [0.1, 0.15) is 28.5 Å². The van der Waals surface area contributed by atoms with Gasteiger partial charge in [-0.2, -0.15) is 0 Å². The maximum absolute atomic E-state index is 11.3. The first kappa shape index (κ1) is 17.9. The number of nitrogens with zero attached hydrogens (tertiary/aromatic N) is 2. The first-order chi connectivity index (χ1) is 12.5. The van der Waals surface area contributed by atoms with Gasteiger partial charge in [0.25, 0.3) is 0 Å². The number of anilines is 2. The fourth-order valence-electron chi connectivity index (χ4n) is 2.72. The van der Waals surface area contributed by atoms with Gasteiger partial charge in [0, 0.05) is 23.0 Å². The van der Waals surface area contributed by atoms with Gasteiger partial charge in [-0.3, -0.25) is 0 Å². The summed E-state index contributed by atoms with van der Waals surface area (Å²) in [6.45, 7) is 4.02. The molecule has 0 fully saturated rings. The van der Waals surface area contributed by atoms with E-state index in [0.29, 0.717) is 23.1 Å². The number of rotatable bonds is 6. The Balaban J connectivity index is 2.02. The Labute approximate surface area is 155 Å². The van der Waals surface area contributed by atoms with Gasteiger partial charge in [-0.25, -0.2) is 14.8 Å². The van der Waals surface area contributed by atoms with Crippen LogP contribution in [0.4, 0.5) is 11.5 Å². The maximum Gasteiger partial charge on any atom is 0.339 e. The van der Waals surface area contributed by atoms with Gasteiger partial charge >= 0.3 is 5.97 Å². The molecule has 0 aliphatic carbocycles. The Bertz CT molecular complexity index is 939. The van der Waals surface area contributed by atoms with Crippen molar-refractivity contribution in [3.63, 3.8) is 0 Å². The highest BCUT2D eigenvalue weighted by atomic mass is 32.1. The molecule has 0 saturated carbocycles. The second-order valence-corrected chi connectivity index (χ2v) is 6.58. The van der Waals surface area contributed by atoms with Crippen LogP contribution in [-0.4, -0.2) is 28.2 Å². The van der Waals surface area contributed by atoms with Crippen LogP contribution in [0.5, 0.6) is 5.75 Å². The van der Waals surface area contributed by atoms with Crippen molar-refractivity contribution in [1.29, 1.82) is 0 Å². The predicted molar refractivity (Wildman–Crippen MR) is 103 cm³/mol. The number of carboxylic acids is 1. The molecule has 0 radical (unpaired) electrons. The van der Waals surface area contributed by atoms with Gasteiger partial charge in [-0.15, -0.1) is 11.3 Å². The molecule has 2 aromatic heterocycles. The summed E-state index contributed by atoms with van der Waals surface area (Å²) >= 11 is 1.59. The molecular weight excluding hydrogens is 350 g/mol. The van der Waals surface area contributed by atoms with E-state index in [9.17, 15) is 9.90 Å². The summed E-state index contributed by atoms with van der Waals surface area (Å²) in [7, 11) is 1.45. The van der Waals surface area contributed by atoms with E-state index >= 15 is 0 Å². The lowest BCUT2D eigenvalue weighted by molar-refractivity contribution is 0.0693. The summed E-state index contributed by atoms with van der Waals surface area (Å²) in [5, 5.41) is 14.5. The largest absolute Gasteiger partial charge is 0.496 e. The molecule has 0 unspecified atom stereocenters. The fourth-order valence-corrected chi connectivity index (χ4v) is 3.38. The van der Waals surface area contributed by atoms with Crippen molar-refractivity contribution >= 4 is 28.8 Å². The van der Waals surface area contributed by atoms with Crippen molar-refractivity contribution in [2.75, 3.05) is 12.4 Å². The minimum Gasteiger partial charge on any atom is -0.496 e. The Morgan fingerprint density at radius 2 is 2.12 bits per heavy atom. The van der Waals surface area contributed by atoms with Crippen LogP contribution in [0.2, 0.25) is 0 Å². The third-order valence-electron chi connectivity index (χ3n) is 4.00. The lowest BCUT2D eigenvalue weighted by Crippen LogP contribution is -2.06. The van der Waals surface area contributed by atoms with Crippen molar-refractivity contribution in [3.8, 4) is 16.5 Å². The molecule has 3 rings (SSSR count). The molecule has 134 valence electrons. The van der Waals surface area contributed by atoms with Crippen LogP contribution in [-0.2, 0) is 6.42 Å². The number of methoxy groups -OCH3 is 1. The van der Waals surface area contributed by atoms with E-state index in [-0.39, 0.29) is 5.56 Å². The molecule has 0 bridgehead atoms. The fraction of sp³-hybridized carbons (Fsp3) is 0.211. The van der Waals surface area contributed by atoms with Crippen LogP contribution in [0, 0.1) is 6.92 Å². The van der Waals surface area contributed by atoms with Gasteiger partial charge in [0.2, 0.25) is 0 Å². The zero-order valence-corrected chi connectivity index (χ0v) is 15.6. The number of thiophene rings is 1. The SMILES string of the molecule is CCc1c(C)nc(-c2cccs2)nc1Nc1ccc(C(=O)O)c(OC)c1. The summed E-state index contributed by atoms with van der Waals surface area (Å²) in [6.07, 6.45) is 0.781. The van der Waals surface area contributed by atoms with Crippen molar-refractivity contribution in [2.24, 2.45) is 0 Å². The molecule has 2 heterocycles. The number of ether oxygens (including phenoxy) is 1. The zero-order valence-electron chi connectivity index (χ0n) is 14.7. The van der Waals surface area contributed by atoms with Gasteiger partial charge < -0.3 is 15.2 Å². The average molecular weight is 369 g/mol. The number of hydrogen-bond donors (Lipinski definition) is 2. The van der Waals surface area contributed by atoms with Crippen molar-refractivity contribution < 1.29 is 14.6 Å². The third-order valence-corrected chi connectivity index (χ3v) is 4.87. The highest BCUT2D eigenvalue weighted by Crippen LogP contribution is 2.30. The number of aryl methyl sites for hydroxylation is 1. The van der Waals surface area contributed by atoms with E-state index in [1.807, 2.05) is 24.4 Å². The zero-order chi connectivity index (χ0) is 18.7. The van der Waals surface area contributed by atoms with Crippen LogP contribution in [0.25, 0.3) is 10.7 Å². The summed E-state index contributed by atoms with van der Waals surface area (Å²) in [5.41, 5.74) is 2.76. The second-order valence-electron chi connectivity index (χ2n) is 5.64. The van der Waals surface area contributed by atoms with E-state index in [4.69, 9.17) is 4.74 Å². The first-order valence-electron chi connectivity index (χ1n) is 8.13. The van der Waals surface area contributed by atoms with Crippen molar-refractivity contribution in [3.05, 3.63) is 52.5 Å². The Hall–Kier alpha value is -2.93. The Morgan fingerprint density at radius 3 is 2.73 bits per heavy atom. The molecule has 7 heteroatoms. The van der Waals surface area contributed by atoms with E-state index in [1.54, 1.807) is 23.5 Å². The Morgan fingerprint density at radius 1 is 1.31 bits per heavy atom. The minimum atomic E-state index is -1.03. The molecule has 3 aromatic rings. The van der Waals surface area contributed by atoms with Gasteiger partial charge in [0.05, 0.1) is 12.0 Å². The summed E-state index contributed by atoms with van der Waals surface area (Å²) < 4.78 is 5.20. The monoisotopic (exact) mass is 369 g/mol. The van der Waals surface area contributed by atoms with E-state index < -0.39 is 5.97 Å². The molecule has 0 aliphatic rings. The maximum atomic E-state index is 11.3. The summed E-state index contributed by atoms with van der Waals surface area (Å²) in [4.78, 5) is 21.6. The molecule has 0 aliphatic heterocycles. The van der Waals surface area contributed by atoms with Crippen molar-refractivity contribution in [1.82, 2.24) is 9.97 Å². The molecule has 0 atom stereocenters. The molecule has 2 N–H and O–H groups in total. The normalized spacial score (nSPS) is 10.6. The van der Waals surface area contributed by atoms with Gasteiger partial charge in [-0.05, 0) is 36.9 Å². The van der Waals surface area contributed by atoms with Crippen LogP contribution < -0.4 is 10.1 Å². The average Bonchev–Trinajstić information content (AvgIpc) is 3.16. The van der Waals surface area contributed by atoms with Crippen LogP contribution in [0.15, 0.2) is 35.7 Å². The topological polar surface area (TPSA) is 84.3 Å². The number of nitrogens with one attached hydrogen (secondary N) is 1. The smallest absolute Gasteiger partial charge is 0.339 e. The molecular formula is C19H19N3O3S. The number of carboxylic acid groups (broad SMARTS) is 1. The predicted octanol–water partition coefficient (Wildman–Crippen LogP) is 4.53. The van der Waals surface area contributed by atoms with Gasteiger partial charge in [0.15, 0.2) is 5.82 Å². The number of aromatic carboxylic acids is 1. The third kappa shape index (κ3) is 3.52. The first-order valence-corrected chi connectivity index (χ1v) is 9.01. The lowest BCUT2D eigenvalue weighted by Gasteiger charge is -2.15. The molecule has 0 amide bonds. The van der Waals surface area contributed by atoms with E-state index in [0.717, 1.165) is 22.6 Å². The van der Waals surface area contributed by atoms with Crippen molar-refractivity contribution in [2.45, 2.75) is 20.3 Å². The van der Waals surface area contributed by atoms with Gasteiger partial charge in [0.1, 0.15) is 17.1 Å². The number of hydrogen-bond acceptors (Lipinski definition) is 6. The van der Waals surface area contributed by atoms with Crippen LogP contribution >= 0.6 is 11.3 Å². The summed E-state index contributed by atoms with van der Waals surface area (Å²) in [6, 6.07) is 8.83. The number of aromatic nitrogens is 2. The van der Waals surface area contributed by atoms with E-state index in [2.05, 4.69) is 22.2 Å². The standard InChI is InChI=1S/C19H19N3O3S/c1-4-13-11(2)20-18(16-6-5-9-26-16)22-17(13)21-12-7-8-14(19(23)24)15(10-12)25-3/h5-10H,4H2,1-3H3,(H,23,24)(H,20,21,22). The molecule has 0 spiro atoms. The quantitative estimate of drug-likeness (QED) is 0.664. The Kier molecular flexibility index (Phi) is 5.18. The summed E-state index contributed by atoms with van der Waals surface area (Å²) in [5.74, 6) is 0.658. The molecule has 1 aromatic carbocycles. The molecule has 26 heavy (non-hydrogen) atoms. The highest BCUT2D eigenvalue weighted by Gasteiger charge is 2.15. The molecule has 6 nitrogen and oxygen atoms in total. The second kappa shape index (κ2) is 7.53. The number of benzene rings is 1. The molecule has 0 saturated heterocycles. The highest BCUT2D eigenvalue weighted by molar-refractivity contribution is 7.13. The lowest BCUT2D eigenvalue weighted by atomic mass is 10.1. The van der Waals surface area contributed by atoms with E-state index in [1.165, 1.54) is 13.2 Å². The van der Waals surface area contributed by atoms with Gasteiger partial charge in [-0.1, -0.05) is 13.0 Å². The van der Waals surface area contributed by atoms with Crippen LogP contribution in [0.3, 0.4) is 0 Å². The minimum absolute atomic E-state index is 0.118.